The number of hydrogen-bond acceptors (Lipinski definition) is 3. The molecular weight excluding hydrogens is 284 g/mol. The molecule has 4 nitrogen and oxygen atoms in total. The van der Waals surface area contributed by atoms with Gasteiger partial charge in [0.1, 0.15) is 4.90 Å². The maximum Gasteiger partial charge on any atom is 0.278 e. The Morgan fingerprint density at radius 1 is 1.00 bits per heavy atom. The van der Waals surface area contributed by atoms with E-state index in [0.29, 0.717) is 0 Å². The monoisotopic (exact) mass is 294 g/mol. The van der Waals surface area contributed by atoms with Gasteiger partial charge in [0.05, 0.1) is 11.2 Å². The van der Waals surface area contributed by atoms with Gasteiger partial charge < -0.3 is 0 Å². The summed E-state index contributed by atoms with van der Waals surface area (Å²) in [4.78, 5) is 2.12. The van der Waals surface area contributed by atoms with E-state index in [1.807, 2.05) is 30.3 Å². The Balaban J connectivity index is 2.15. The summed E-state index contributed by atoms with van der Waals surface area (Å²) in [5.41, 5.74) is 0.796. The molecule has 0 aliphatic carbocycles. The van der Waals surface area contributed by atoms with E-state index >= 15 is 0 Å². The van der Waals surface area contributed by atoms with Crippen molar-refractivity contribution < 1.29 is 8.42 Å². The topological polar surface area (TPSA) is 58.5 Å². The third-order valence-electron chi connectivity index (χ3n) is 2.31. The summed E-state index contributed by atoms with van der Waals surface area (Å²) >= 11 is 5.83. The van der Waals surface area contributed by atoms with Gasteiger partial charge in [-0.3, -0.25) is 0 Å². The van der Waals surface area contributed by atoms with Crippen LogP contribution in [-0.2, 0) is 10.0 Å². The third kappa shape index (κ3) is 3.56. The lowest BCUT2D eigenvalue weighted by atomic mass is 10.2. The number of hydrogen-bond donors (Lipinski definition) is 1. The van der Waals surface area contributed by atoms with E-state index < -0.39 is 10.0 Å². The van der Waals surface area contributed by atoms with Gasteiger partial charge in [-0.25, -0.2) is 4.83 Å². The van der Waals surface area contributed by atoms with Crippen LogP contribution in [0.15, 0.2) is 64.6 Å². The van der Waals surface area contributed by atoms with Crippen LogP contribution in [0.2, 0.25) is 5.02 Å². The Kier molecular flexibility index (Phi) is 4.19. The van der Waals surface area contributed by atoms with Crippen LogP contribution in [0.4, 0.5) is 0 Å². The standard InChI is InChI=1S/C13H11ClN2O2S/c14-12-8-4-5-9-13(12)19(17,18)16-15-10-11-6-2-1-3-7-11/h1-10,16H. The summed E-state index contributed by atoms with van der Waals surface area (Å²) in [5.74, 6) is 0. The summed E-state index contributed by atoms with van der Waals surface area (Å²) in [7, 11) is -3.74. The lowest BCUT2D eigenvalue weighted by Gasteiger charge is -2.04. The summed E-state index contributed by atoms with van der Waals surface area (Å²) in [6, 6.07) is 15.4. The van der Waals surface area contributed by atoms with Gasteiger partial charge >= 0.3 is 0 Å². The molecule has 19 heavy (non-hydrogen) atoms. The second kappa shape index (κ2) is 5.86. The van der Waals surface area contributed by atoms with E-state index in [1.54, 1.807) is 12.1 Å². The van der Waals surface area contributed by atoms with Crippen molar-refractivity contribution in [2.45, 2.75) is 4.90 Å². The molecule has 0 atom stereocenters. The first-order chi connectivity index (χ1) is 9.09. The number of hydrazone groups is 1. The van der Waals surface area contributed by atoms with Crippen molar-refractivity contribution in [3.63, 3.8) is 0 Å². The molecule has 2 rings (SSSR count). The predicted molar refractivity (Wildman–Crippen MR) is 75.8 cm³/mol. The third-order valence-corrected chi connectivity index (χ3v) is 4.03. The molecule has 98 valence electrons. The Bertz CT molecular complexity index is 685. The minimum Gasteiger partial charge on any atom is -0.200 e. The minimum atomic E-state index is -3.74. The normalized spacial score (nSPS) is 11.6. The van der Waals surface area contributed by atoms with Crippen molar-refractivity contribution in [1.82, 2.24) is 4.83 Å². The fraction of sp³-hybridized carbons (Fsp3) is 0. The van der Waals surface area contributed by atoms with Crippen LogP contribution in [0.25, 0.3) is 0 Å². The Morgan fingerprint density at radius 3 is 2.32 bits per heavy atom. The van der Waals surface area contributed by atoms with Crippen molar-refractivity contribution in [3.05, 3.63) is 65.2 Å². The maximum atomic E-state index is 11.9. The molecule has 0 amide bonds. The highest BCUT2D eigenvalue weighted by Gasteiger charge is 2.15. The molecule has 0 bridgehead atoms. The van der Waals surface area contributed by atoms with E-state index in [1.165, 1.54) is 18.3 Å². The molecule has 0 aliphatic rings. The predicted octanol–water partition coefficient (Wildman–Crippen LogP) is 2.65. The van der Waals surface area contributed by atoms with Gasteiger partial charge in [0, 0.05) is 0 Å². The molecule has 0 heterocycles. The molecule has 0 saturated heterocycles. The van der Waals surface area contributed by atoms with Gasteiger partial charge in [0.25, 0.3) is 10.0 Å². The van der Waals surface area contributed by atoms with E-state index in [2.05, 4.69) is 9.93 Å². The second-order valence-corrected chi connectivity index (χ2v) is 5.73. The number of nitrogens with one attached hydrogen (secondary N) is 1. The zero-order valence-electron chi connectivity index (χ0n) is 9.82. The van der Waals surface area contributed by atoms with Crippen molar-refractivity contribution in [2.75, 3.05) is 0 Å². The van der Waals surface area contributed by atoms with Crippen LogP contribution in [0.1, 0.15) is 5.56 Å². The lowest BCUT2D eigenvalue weighted by Crippen LogP contribution is -2.18. The summed E-state index contributed by atoms with van der Waals surface area (Å²) in [6.07, 6.45) is 1.42. The maximum absolute atomic E-state index is 11.9. The van der Waals surface area contributed by atoms with E-state index in [0.717, 1.165) is 5.56 Å². The van der Waals surface area contributed by atoms with Crippen LogP contribution < -0.4 is 4.83 Å². The Labute approximate surface area is 116 Å². The smallest absolute Gasteiger partial charge is 0.200 e. The highest BCUT2D eigenvalue weighted by atomic mass is 35.5. The zero-order valence-corrected chi connectivity index (χ0v) is 11.4. The molecule has 1 N–H and O–H groups in total. The van der Waals surface area contributed by atoms with Crippen molar-refractivity contribution in [1.29, 1.82) is 0 Å². The minimum absolute atomic E-state index is 0.00174. The SMILES string of the molecule is O=S(=O)(NN=Cc1ccccc1)c1ccccc1Cl. The number of halogens is 1. The average Bonchev–Trinajstić information content (AvgIpc) is 2.40. The largest absolute Gasteiger partial charge is 0.278 e. The fourth-order valence-electron chi connectivity index (χ4n) is 1.42. The summed E-state index contributed by atoms with van der Waals surface area (Å²) in [6.45, 7) is 0. The van der Waals surface area contributed by atoms with Crippen molar-refractivity contribution >= 4 is 27.8 Å². The lowest BCUT2D eigenvalue weighted by molar-refractivity contribution is 0.585. The van der Waals surface area contributed by atoms with Gasteiger partial charge in [-0.15, -0.1) is 0 Å². The number of sulfonamides is 1. The van der Waals surface area contributed by atoms with Crippen LogP contribution in [-0.4, -0.2) is 14.6 Å². The molecular formula is C13H11ClN2O2S. The number of nitrogens with zero attached hydrogens (tertiary/aromatic N) is 1. The average molecular weight is 295 g/mol. The van der Waals surface area contributed by atoms with Crippen LogP contribution in [0, 0.1) is 0 Å². The summed E-state index contributed by atoms with van der Waals surface area (Å²) in [5, 5.41) is 3.87. The molecule has 0 fully saturated rings. The van der Waals surface area contributed by atoms with Crippen molar-refractivity contribution in [2.24, 2.45) is 5.10 Å². The molecule has 0 saturated carbocycles. The van der Waals surface area contributed by atoms with E-state index in [-0.39, 0.29) is 9.92 Å². The second-order valence-electron chi connectivity index (χ2n) is 3.69. The summed E-state index contributed by atoms with van der Waals surface area (Å²) < 4.78 is 23.9. The first kappa shape index (κ1) is 13.6. The number of rotatable bonds is 4. The van der Waals surface area contributed by atoms with Gasteiger partial charge in [-0.1, -0.05) is 54.1 Å². The van der Waals surface area contributed by atoms with E-state index in [9.17, 15) is 8.42 Å². The first-order valence-electron chi connectivity index (χ1n) is 5.44. The van der Waals surface area contributed by atoms with Crippen LogP contribution in [0.5, 0.6) is 0 Å². The molecule has 0 spiro atoms. The van der Waals surface area contributed by atoms with Gasteiger partial charge in [0.15, 0.2) is 0 Å². The molecule has 0 aliphatic heterocycles. The van der Waals surface area contributed by atoms with Crippen LogP contribution >= 0.6 is 11.6 Å². The molecule has 0 aromatic heterocycles. The molecule has 0 unspecified atom stereocenters. The van der Waals surface area contributed by atoms with Gasteiger partial charge in [-0.05, 0) is 17.7 Å². The Hall–Kier alpha value is -1.85. The molecule has 2 aromatic rings. The molecule has 6 heteroatoms. The highest BCUT2D eigenvalue weighted by Crippen LogP contribution is 2.19. The Morgan fingerprint density at radius 2 is 1.63 bits per heavy atom. The number of benzene rings is 2. The van der Waals surface area contributed by atoms with Gasteiger partial charge in [0.2, 0.25) is 0 Å². The highest BCUT2D eigenvalue weighted by molar-refractivity contribution is 7.89. The zero-order chi connectivity index (χ0) is 13.7. The van der Waals surface area contributed by atoms with Crippen molar-refractivity contribution in [3.8, 4) is 0 Å². The fourth-order valence-corrected chi connectivity index (χ4v) is 2.73. The first-order valence-corrected chi connectivity index (χ1v) is 7.30. The molecule has 0 radical (unpaired) electrons. The quantitative estimate of drug-likeness (QED) is 0.696. The van der Waals surface area contributed by atoms with E-state index in [4.69, 9.17) is 11.6 Å². The van der Waals surface area contributed by atoms with Crippen LogP contribution in [0.3, 0.4) is 0 Å². The molecule has 2 aromatic carbocycles. The van der Waals surface area contributed by atoms with Gasteiger partial charge in [-0.2, -0.15) is 13.5 Å².